The van der Waals surface area contributed by atoms with Crippen molar-refractivity contribution in [2.75, 3.05) is 0 Å². The molecule has 49 heavy (non-hydrogen) atoms. The summed E-state index contributed by atoms with van der Waals surface area (Å²) in [6.07, 6.45) is 0. The van der Waals surface area contributed by atoms with E-state index in [2.05, 4.69) is 113 Å². The van der Waals surface area contributed by atoms with Gasteiger partial charge in [-0.05, 0) is 104 Å². The van der Waals surface area contributed by atoms with Crippen molar-refractivity contribution in [1.82, 2.24) is 15.2 Å². The molecule has 2 heterocycles. The van der Waals surface area contributed by atoms with Gasteiger partial charge in [0, 0.05) is 37.9 Å². The van der Waals surface area contributed by atoms with Crippen LogP contribution in [0.3, 0.4) is 0 Å². The van der Waals surface area contributed by atoms with E-state index in [0.29, 0.717) is 5.82 Å². The maximum Gasteiger partial charge on any atom is 0.182 e. The molecule has 0 aliphatic heterocycles. The summed E-state index contributed by atoms with van der Waals surface area (Å²) in [6, 6.07) is 41.6. The number of hydrogen-bond acceptors (Lipinski definition) is 4. The number of furan rings is 1. The fourth-order valence-electron chi connectivity index (χ4n) is 9.02. The average Bonchev–Trinajstić information content (AvgIpc) is 3.69. The molecule has 0 spiro atoms. The summed E-state index contributed by atoms with van der Waals surface area (Å²) in [5, 5.41) is 16.6. The number of rotatable bonds is 1. The molecule has 0 saturated carbocycles. The van der Waals surface area contributed by atoms with Crippen molar-refractivity contribution < 1.29 is 4.42 Å². The zero-order valence-corrected chi connectivity index (χ0v) is 27.7. The van der Waals surface area contributed by atoms with Crippen LogP contribution in [0.4, 0.5) is 0 Å². The number of fused-ring (bicyclic) bond motifs is 15. The summed E-state index contributed by atoms with van der Waals surface area (Å²) in [5.74, 6) is 0.606. The van der Waals surface area contributed by atoms with Crippen LogP contribution in [0.2, 0.25) is 0 Å². The van der Waals surface area contributed by atoms with Crippen molar-refractivity contribution in [2.24, 2.45) is 0 Å². The molecular weight excluding hydrogens is 599 g/mol. The Bertz CT molecular complexity index is 2950. The fraction of sp³-hybridized carbons (Fsp3) is 0.133. The van der Waals surface area contributed by atoms with Crippen LogP contribution in [-0.4, -0.2) is 15.2 Å². The summed E-state index contributed by atoms with van der Waals surface area (Å²) < 4.78 is 6.13. The van der Waals surface area contributed by atoms with E-state index in [9.17, 15) is 0 Å². The largest absolute Gasteiger partial charge is 0.456 e. The topological polar surface area (TPSA) is 51.8 Å². The first kappa shape index (κ1) is 27.1. The van der Waals surface area contributed by atoms with E-state index in [1.54, 1.807) is 0 Å². The van der Waals surface area contributed by atoms with Crippen LogP contribution >= 0.6 is 0 Å². The van der Waals surface area contributed by atoms with E-state index >= 15 is 0 Å². The Morgan fingerprint density at radius 3 is 1.67 bits per heavy atom. The molecule has 7 aromatic carbocycles. The molecule has 0 unspecified atom stereocenters. The first-order chi connectivity index (χ1) is 23.8. The summed E-state index contributed by atoms with van der Waals surface area (Å²) >= 11 is 0. The minimum Gasteiger partial charge on any atom is -0.456 e. The molecule has 2 aromatic heterocycles. The second kappa shape index (κ2) is 8.97. The van der Waals surface area contributed by atoms with Crippen molar-refractivity contribution in [2.45, 2.75) is 38.5 Å². The molecule has 0 radical (unpaired) electrons. The first-order valence-corrected chi connectivity index (χ1v) is 17.0. The Morgan fingerprint density at radius 1 is 0.429 bits per heavy atom. The lowest BCUT2D eigenvalue weighted by Gasteiger charge is -2.23. The minimum absolute atomic E-state index is 0.114. The molecule has 0 bridgehead atoms. The lowest BCUT2D eigenvalue weighted by molar-refractivity contribution is 0.660. The van der Waals surface area contributed by atoms with Crippen LogP contribution in [0.25, 0.3) is 88.2 Å². The van der Waals surface area contributed by atoms with Crippen LogP contribution < -0.4 is 0 Å². The maximum absolute atomic E-state index is 6.13. The van der Waals surface area contributed by atoms with Crippen LogP contribution in [0.1, 0.15) is 49.9 Å². The van der Waals surface area contributed by atoms with E-state index in [-0.39, 0.29) is 10.8 Å². The van der Waals surface area contributed by atoms with Gasteiger partial charge >= 0.3 is 0 Å². The van der Waals surface area contributed by atoms with E-state index in [0.717, 1.165) is 49.3 Å². The normalized spacial score (nSPS) is 15.3. The highest BCUT2D eigenvalue weighted by molar-refractivity contribution is 6.25. The highest BCUT2D eigenvalue weighted by Crippen LogP contribution is 2.54. The lowest BCUT2D eigenvalue weighted by Crippen LogP contribution is -2.15. The molecule has 9 aromatic rings. The molecule has 2 aliphatic rings. The number of nitrogens with zero attached hydrogens (tertiary/aromatic N) is 3. The molecule has 0 atom stereocenters. The van der Waals surface area contributed by atoms with Crippen molar-refractivity contribution in [1.29, 1.82) is 0 Å². The summed E-state index contributed by atoms with van der Waals surface area (Å²) in [4.78, 5) is 5.38. The predicted octanol–water partition coefficient (Wildman–Crippen LogP) is 11.5. The highest BCUT2D eigenvalue weighted by Gasteiger charge is 2.38. The van der Waals surface area contributed by atoms with Gasteiger partial charge in [-0.2, -0.15) is 0 Å². The molecule has 0 fully saturated rings. The van der Waals surface area contributed by atoms with Gasteiger partial charge in [-0.3, -0.25) is 0 Å². The van der Waals surface area contributed by atoms with Crippen molar-refractivity contribution >= 4 is 54.5 Å². The van der Waals surface area contributed by atoms with Gasteiger partial charge in [0.2, 0.25) is 0 Å². The van der Waals surface area contributed by atoms with Crippen LogP contribution in [-0.2, 0) is 10.8 Å². The average molecular weight is 630 g/mol. The third kappa shape index (κ3) is 3.41. The monoisotopic (exact) mass is 629 g/mol. The van der Waals surface area contributed by atoms with Crippen molar-refractivity contribution in [3.8, 4) is 33.6 Å². The first-order valence-electron chi connectivity index (χ1n) is 17.0. The molecule has 232 valence electrons. The minimum atomic E-state index is -0.120. The van der Waals surface area contributed by atoms with Gasteiger partial charge in [0.15, 0.2) is 5.82 Å². The molecule has 0 N–H and O–H groups in total. The van der Waals surface area contributed by atoms with E-state index in [1.807, 2.05) is 30.3 Å². The van der Waals surface area contributed by atoms with Crippen LogP contribution in [0.5, 0.6) is 0 Å². The SMILES string of the molecule is CC1(C)c2ccccc2-c2cc3c(cc21)c1cc2c(cc1c1nc(-c4ccc5oc6ccccc6c5c4)nnc31)-c1ccccc1C2(C)C. The summed E-state index contributed by atoms with van der Waals surface area (Å²) in [6.45, 7) is 9.39. The zero-order valence-electron chi connectivity index (χ0n) is 27.7. The van der Waals surface area contributed by atoms with Gasteiger partial charge in [0.1, 0.15) is 22.2 Å². The Labute approximate surface area is 283 Å². The van der Waals surface area contributed by atoms with Gasteiger partial charge in [0.25, 0.3) is 0 Å². The molecule has 4 nitrogen and oxygen atoms in total. The Morgan fingerprint density at radius 2 is 1.00 bits per heavy atom. The number of para-hydroxylation sites is 1. The molecule has 0 saturated heterocycles. The van der Waals surface area contributed by atoms with E-state index in [1.165, 1.54) is 55.3 Å². The third-order valence-corrected chi connectivity index (χ3v) is 11.6. The van der Waals surface area contributed by atoms with Gasteiger partial charge in [-0.15, -0.1) is 10.2 Å². The smallest absolute Gasteiger partial charge is 0.182 e. The van der Waals surface area contributed by atoms with E-state index in [4.69, 9.17) is 19.6 Å². The fourth-order valence-corrected chi connectivity index (χ4v) is 9.02. The quantitative estimate of drug-likeness (QED) is 0.170. The standard InChI is InChI=1S/C45H31N3O/c1-44(2)35-14-8-5-11-25(35)30-20-33-28(22-37(30)44)29-23-38-31(26-12-6-9-15-36(26)45(38,3)4)21-34(29)42-41(33)46-43(48-47-42)24-17-18-40-32(19-24)27-13-7-10-16-39(27)49-40/h5-23H,1-4H3. The molecule has 2 aliphatic carbocycles. The van der Waals surface area contributed by atoms with Gasteiger partial charge in [-0.25, -0.2) is 4.98 Å². The van der Waals surface area contributed by atoms with Crippen molar-refractivity contribution in [3.63, 3.8) is 0 Å². The maximum atomic E-state index is 6.13. The Balaban J connectivity index is 1.26. The second-order valence-electron chi connectivity index (χ2n) is 14.9. The zero-order chi connectivity index (χ0) is 32.8. The van der Waals surface area contributed by atoms with Crippen molar-refractivity contribution in [3.05, 3.63) is 138 Å². The lowest BCUT2D eigenvalue weighted by atomic mass is 9.80. The Hall–Kier alpha value is -5.87. The summed E-state index contributed by atoms with van der Waals surface area (Å²) in [7, 11) is 0. The van der Waals surface area contributed by atoms with Gasteiger partial charge < -0.3 is 4.42 Å². The number of benzene rings is 7. The van der Waals surface area contributed by atoms with Gasteiger partial charge in [0.05, 0.1) is 0 Å². The second-order valence-corrected chi connectivity index (χ2v) is 14.9. The van der Waals surface area contributed by atoms with Crippen LogP contribution in [0, 0.1) is 0 Å². The highest BCUT2D eigenvalue weighted by atomic mass is 16.3. The van der Waals surface area contributed by atoms with Gasteiger partial charge in [-0.1, -0.05) is 94.4 Å². The van der Waals surface area contributed by atoms with Crippen LogP contribution in [0.15, 0.2) is 120 Å². The number of aromatic nitrogens is 3. The summed E-state index contributed by atoms with van der Waals surface area (Å²) in [5.41, 5.74) is 14.7. The molecule has 4 heteroatoms. The number of hydrogen-bond donors (Lipinski definition) is 0. The predicted molar refractivity (Wildman–Crippen MR) is 200 cm³/mol. The third-order valence-electron chi connectivity index (χ3n) is 11.6. The van der Waals surface area contributed by atoms with E-state index < -0.39 is 0 Å². The molecule has 11 rings (SSSR count). The molecular formula is C45H31N3O. The molecule has 0 amide bonds. The Kier molecular flexibility index (Phi) is 4.97.